The molecule has 0 aromatic heterocycles. The minimum absolute atomic E-state index is 0. The molecule has 0 heterocycles. The van der Waals surface area contributed by atoms with E-state index in [-0.39, 0.29) is 17.1 Å². The van der Waals surface area contributed by atoms with Gasteiger partial charge in [-0.1, -0.05) is 48.6 Å². The summed E-state index contributed by atoms with van der Waals surface area (Å²) in [7, 11) is 0. The largest absolute Gasteiger partial charge is 2.00 e. The number of rotatable bonds is 0. The Morgan fingerprint density at radius 2 is 0.941 bits per heavy atom. The first kappa shape index (κ1) is 15.2. The SMILES string of the molecule is [Fe+2].[O-]C(O)=C1C=CC=C1.[O-]C(O)=C1C=CC=C1. The van der Waals surface area contributed by atoms with Crippen LogP contribution in [0.25, 0.3) is 0 Å². The Balaban J connectivity index is 0.000000284. The summed E-state index contributed by atoms with van der Waals surface area (Å²) in [6.07, 6.45) is 13.0. The van der Waals surface area contributed by atoms with Gasteiger partial charge in [0.15, 0.2) is 0 Å². The Morgan fingerprint density at radius 3 is 1.06 bits per heavy atom. The molecule has 2 aliphatic rings. The summed E-state index contributed by atoms with van der Waals surface area (Å²) in [6.45, 7) is 0. The molecule has 2 rings (SSSR count). The first-order valence-electron chi connectivity index (χ1n) is 4.51. The van der Waals surface area contributed by atoms with Gasteiger partial charge in [-0.25, -0.2) is 0 Å². The molecular weight excluding hydrogens is 264 g/mol. The van der Waals surface area contributed by atoms with Gasteiger partial charge in [-0.05, 0) is 11.1 Å². The third kappa shape index (κ3) is 5.15. The van der Waals surface area contributed by atoms with Crippen LogP contribution in [0.2, 0.25) is 0 Å². The van der Waals surface area contributed by atoms with E-state index in [4.69, 9.17) is 10.2 Å². The monoisotopic (exact) mass is 274 g/mol. The summed E-state index contributed by atoms with van der Waals surface area (Å²) in [4.78, 5) is 0. The molecule has 0 aromatic carbocycles. The van der Waals surface area contributed by atoms with E-state index in [1.54, 1.807) is 48.6 Å². The van der Waals surface area contributed by atoms with Gasteiger partial charge in [-0.15, -0.1) is 0 Å². The topological polar surface area (TPSA) is 86.6 Å². The van der Waals surface area contributed by atoms with Crippen molar-refractivity contribution in [1.82, 2.24) is 0 Å². The molecule has 2 aliphatic carbocycles. The second kappa shape index (κ2) is 7.44. The first-order chi connectivity index (χ1) is 7.61. The summed E-state index contributed by atoms with van der Waals surface area (Å²) in [5.74, 6) is -1.73. The minimum Gasteiger partial charge on any atom is -0.629 e. The number of allylic oxidation sites excluding steroid dienone is 10. The Hall–Kier alpha value is -1.84. The summed E-state index contributed by atoms with van der Waals surface area (Å²) in [6, 6.07) is 0. The predicted molar refractivity (Wildman–Crippen MR) is 55.9 cm³/mol. The van der Waals surface area contributed by atoms with Gasteiger partial charge in [-0.3, -0.25) is 0 Å². The third-order valence-corrected chi connectivity index (χ3v) is 1.82. The molecule has 0 atom stereocenters. The molecule has 0 saturated carbocycles. The maximum absolute atomic E-state index is 10.1. The van der Waals surface area contributed by atoms with Crippen molar-refractivity contribution < 1.29 is 37.5 Å². The van der Waals surface area contributed by atoms with E-state index in [0.717, 1.165) is 0 Å². The van der Waals surface area contributed by atoms with Crippen molar-refractivity contribution in [2.45, 2.75) is 0 Å². The van der Waals surface area contributed by atoms with Crippen LogP contribution in [0.1, 0.15) is 0 Å². The number of hydrogen-bond acceptors (Lipinski definition) is 4. The molecule has 0 aromatic rings. The average molecular weight is 274 g/mol. The van der Waals surface area contributed by atoms with Crippen LogP contribution >= 0.6 is 0 Å². The number of aliphatic hydroxyl groups excluding tert-OH is 2. The fourth-order valence-electron chi connectivity index (χ4n) is 1.03. The number of hydrogen-bond donors (Lipinski definition) is 2. The maximum atomic E-state index is 10.1. The van der Waals surface area contributed by atoms with Gasteiger partial charge in [0, 0.05) is 0 Å². The third-order valence-electron chi connectivity index (χ3n) is 1.82. The summed E-state index contributed by atoms with van der Waals surface area (Å²) >= 11 is 0. The molecule has 0 bridgehead atoms. The zero-order valence-electron chi connectivity index (χ0n) is 8.68. The molecule has 90 valence electrons. The molecule has 0 radical (unpaired) electrons. The van der Waals surface area contributed by atoms with Gasteiger partial charge < -0.3 is 20.4 Å². The van der Waals surface area contributed by atoms with Crippen molar-refractivity contribution in [2.24, 2.45) is 0 Å². The van der Waals surface area contributed by atoms with Crippen molar-refractivity contribution >= 4 is 0 Å². The van der Waals surface area contributed by atoms with Crippen molar-refractivity contribution in [3.05, 3.63) is 71.6 Å². The first-order valence-corrected chi connectivity index (χ1v) is 4.51. The van der Waals surface area contributed by atoms with Crippen molar-refractivity contribution in [3.8, 4) is 0 Å². The molecule has 0 unspecified atom stereocenters. The molecular formula is C12H10FeO4. The Bertz CT molecular complexity index is 361. The van der Waals surface area contributed by atoms with Crippen molar-refractivity contribution in [2.75, 3.05) is 0 Å². The van der Waals surface area contributed by atoms with E-state index in [0.29, 0.717) is 11.1 Å². The van der Waals surface area contributed by atoms with E-state index < -0.39 is 11.9 Å². The zero-order valence-corrected chi connectivity index (χ0v) is 9.79. The van der Waals surface area contributed by atoms with Crippen molar-refractivity contribution in [1.29, 1.82) is 0 Å². The normalized spacial score (nSPS) is 14.4. The summed E-state index contributed by atoms with van der Waals surface area (Å²) in [5, 5.41) is 36.7. The Morgan fingerprint density at radius 1 is 0.706 bits per heavy atom. The van der Waals surface area contributed by atoms with Crippen LogP contribution in [0.4, 0.5) is 0 Å². The minimum atomic E-state index is -0.866. The quantitative estimate of drug-likeness (QED) is 0.497. The van der Waals surface area contributed by atoms with Crippen LogP contribution in [-0.4, -0.2) is 10.2 Å². The van der Waals surface area contributed by atoms with Gasteiger partial charge in [0.2, 0.25) is 0 Å². The smallest absolute Gasteiger partial charge is 0.629 e. The van der Waals surface area contributed by atoms with Crippen LogP contribution in [0, 0.1) is 0 Å². The fourth-order valence-corrected chi connectivity index (χ4v) is 1.03. The van der Waals surface area contributed by atoms with E-state index in [1.165, 1.54) is 0 Å². The van der Waals surface area contributed by atoms with E-state index in [9.17, 15) is 10.2 Å². The van der Waals surface area contributed by atoms with Crippen LogP contribution < -0.4 is 10.2 Å². The molecule has 0 aliphatic heterocycles. The molecule has 2 N–H and O–H groups in total. The molecule has 0 saturated heterocycles. The summed E-state index contributed by atoms with van der Waals surface area (Å²) in [5.41, 5.74) is 0.704. The molecule has 0 spiro atoms. The maximum Gasteiger partial charge on any atom is 2.00 e. The molecule has 4 nitrogen and oxygen atoms in total. The van der Waals surface area contributed by atoms with Gasteiger partial charge >= 0.3 is 17.1 Å². The Kier molecular flexibility index (Phi) is 6.63. The van der Waals surface area contributed by atoms with Gasteiger partial charge in [-0.2, -0.15) is 0 Å². The zero-order chi connectivity index (χ0) is 12.0. The van der Waals surface area contributed by atoms with Crippen LogP contribution in [0.5, 0.6) is 0 Å². The summed E-state index contributed by atoms with van der Waals surface area (Å²) < 4.78 is 0. The standard InChI is InChI=1S/2C6H6O2.Fe/c2*7-6(8)5-3-1-2-4-5;/h2*1-4,7-8H;/q;;+2/p-2. The van der Waals surface area contributed by atoms with E-state index >= 15 is 0 Å². The van der Waals surface area contributed by atoms with E-state index in [1.807, 2.05) is 0 Å². The van der Waals surface area contributed by atoms with Crippen LogP contribution in [-0.2, 0) is 17.1 Å². The Labute approximate surface area is 109 Å². The van der Waals surface area contributed by atoms with Gasteiger partial charge in [0.25, 0.3) is 0 Å². The van der Waals surface area contributed by atoms with Crippen LogP contribution in [0.15, 0.2) is 71.6 Å². The molecule has 5 heteroatoms. The van der Waals surface area contributed by atoms with Crippen molar-refractivity contribution in [3.63, 3.8) is 0 Å². The number of aliphatic hydroxyl groups is 2. The average Bonchev–Trinajstić information content (AvgIpc) is 2.93. The fraction of sp³-hybridized carbons (Fsp3) is 0. The van der Waals surface area contributed by atoms with Gasteiger partial charge in [0.05, 0.1) is 11.9 Å². The van der Waals surface area contributed by atoms with E-state index in [2.05, 4.69) is 0 Å². The van der Waals surface area contributed by atoms with Gasteiger partial charge in [0.1, 0.15) is 0 Å². The molecule has 0 fully saturated rings. The second-order valence-electron chi connectivity index (χ2n) is 2.96. The van der Waals surface area contributed by atoms with Crippen LogP contribution in [0.3, 0.4) is 0 Å². The predicted octanol–water partition coefficient (Wildman–Crippen LogP) is 0.482. The second-order valence-corrected chi connectivity index (χ2v) is 2.96. The molecule has 17 heavy (non-hydrogen) atoms. The molecule has 0 amide bonds.